The van der Waals surface area contributed by atoms with Crippen LogP contribution >= 0.6 is 12.4 Å². The molecule has 1 unspecified atom stereocenters. The lowest BCUT2D eigenvalue weighted by Gasteiger charge is -2.13. The molecule has 1 atom stereocenters. The Morgan fingerprint density at radius 3 is 2.22 bits per heavy atom. The molecule has 1 amide bonds. The van der Waals surface area contributed by atoms with E-state index in [2.05, 4.69) is 5.32 Å². The number of rotatable bonds is 7. The number of amides is 1. The van der Waals surface area contributed by atoms with Gasteiger partial charge in [0.15, 0.2) is 0 Å². The van der Waals surface area contributed by atoms with Crippen LogP contribution in [0, 0.1) is 5.92 Å². The van der Waals surface area contributed by atoms with Gasteiger partial charge in [-0.1, -0.05) is 19.1 Å². The number of alkyl halides is 3. The summed E-state index contributed by atoms with van der Waals surface area (Å²) in [6.45, 7) is 2.56. The zero-order valence-electron chi connectivity index (χ0n) is 14.8. The SMILES string of the molecule is CC(Cc1ccc(C(F)(F)F)cc1)C(=O)Nc1ccc(OCCN)cc1.Cl. The Morgan fingerprint density at radius 1 is 1.11 bits per heavy atom. The van der Waals surface area contributed by atoms with Gasteiger partial charge in [-0.15, -0.1) is 12.4 Å². The Labute approximate surface area is 162 Å². The molecule has 0 fully saturated rings. The second kappa shape index (κ2) is 10.2. The molecule has 0 saturated heterocycles. The Bertz CT molecular complexity index is 719. The molecular formula is C19H22ClF3N2O2. The van der Waals surface area contributed by atoms with E-state index in [0.717, 1.165) is 12.1 Å². The highest BCUT2D eigenvalue weighted by atomic mass is 35.5. The average molecular weight is 403 g/mol. The van der Waals surface area contributed by atoms with Crippen molar-refractivity contribution in [2.75, 3.05) is 18.5 Å². The van der Waals surface area contributed by atoms with Crippen LogP contribution in [0.5, 0.6) is 5.75 Å². The number of anilines is 1. The van der Waals surface area contributed by atoms with E-state index in [1.807, 2.05) is 0 Å². The summed E-state index contributed by atoms with van der Waals surface area (Å²) in [4.78, 5) is 12.3. The van der Waals surface area contributed by atoms with Gasteiger partial charge in [-0.2, -0.15) is 13.2 Å². The van der Waals surface area contributed by atoms with Gasteiger partial charge in [-0.3, -0.25) is 4.79 Å². The van der Waals surface area contributed by atoms with Crippen LogP contribution in [-0.4, -0.2) is 19.1 Å². The largest absolute Gasteiger partial charge is 0.492 e. The quantitative estimate of drug-likeness (QED) is 0.726. The first-order valence-electron chi connectivity index (χ1n) is 8.19. The highest BCUT2D eigenvalue weighted by Crippen LogP contribution is 2.29. The summed E-state index contributed by atoms with van der Waals surface area (Å²) in [6, 6.07) is 11.7. The molecule has 3 N–H and O–H groups in total. The molecule has 0 heterocycles. The van der Waals surface area contributed by atoms with Crippen LogP contribution in [0.2, 0.25) is 0 Å². The standard InChI is InChI=1S/C19H21F3N2O2.ClH/c1-13(12-14-2-4-15(5-3-14)19(20,21)22)18(25)24-16-6-8-17(9-7-16)26-11-10-23;/h2-9,13H,10-12,23H2,1H3,(H,24,25);1H. The molecule has 2 aromatic carbocycles. The Hall–Kier alpha value is -2.25. The maximum absolute atomic E-state index is 12.6. The summed E-state index contributed by atoms with van der Waals surface area (Å²) in [5, 5.41) is 2.78. The molecule has 2 rings (SSSR count). The van der Waals surface area contributed by atoms with Gasteiger partial charge in [-0.05, 0) is 48.4 Å². The summed E-state index contributed by atoms with van der Waals surface area (Å²) in [6.07, 6.45) is -4.01. The maximum Gasteiger partial charge on any atom is 0.416 e. The van der Waals surface area contributed by atoms with E-state index in [9.17, 15) is 18.0 Å². The van der Waals surface area contributed by atoms with E-state index >= 15 is 0 Å². The topological polar surface area (TPSA) is 64.3 Å². The summed E-state index contributed by atoms with van der Waals surface area (Å²) in [5.41, 5.74) is 5.95. The Kier molecular flexibility index (Phi) is 8.59. The van der Waals surface area contributed by atoms with E-state index in [1.165, 1.54) is 12.1 Å². The van der Waals surface area contributed by atoms with Crippen LogP contribution in [0.3, 0.4) is 0 Å². The van der Waals surface area contributed by atoms with Crippen molar-refractivity contribution < 1.29 is 22.7 Å². The molecule has 0 spiro atoms. The summed E-state index contributed by atoms with van der Waals surface area (Å²) >= 11 is 0. The van der Waals surface area contributed by atoms with E-state index in [1.54, 1.807) is 31.2 Å². The van der Waals surface area contributed by atoms with Crippen molar-refractivity contribution in [3.63, 3.8) is 0 Å². The van der Waals surface area contributed by atoms with Crippen LogP contribution < -0.4 is 15.8 Å². The van der Waals surface area contributed by atoms with E-state index in [4.69, 9.17) is 10.5 Å². The molecule has 0 bridgehead atoms. The highest BCUT2D eigenvalue weighted by Gasteiger charge is 2.30. The van der Waals surface area contributed by atoms with Crippen molar-refractivity contribution in [1.82, 2.24) is 0 Å². The third-order valence-corrected chi connectivity index (χ3v) is 3.78. The van der Waals surface area contributed by atoms with E-state index < -0.39 is 11.7 Å². The normalized spacial score (nSPS) is 12.0. The minimum absolute atomic E-state index is 0. The zero-order valence-corrected chi connectivity index (χ0v) is 15.6. The second-order valence-corrected chi connectivity index (χ2v) is 5.95. The minimum Gasteiger partial charge on any atom is -0.492 e. The molecule has 4 nitrogen and oxygen atoms in total. The first-order chi connectivity index (χ1) is 12.3. The smallest absolute Gasteiger partial charge is 0.416 e. The number of nitrogens with two attached hydrogens (primary N) is 1. The molecule has 0 aliphatic carbocycles. The number of nitrogens with one attached hydrogen (secondary N) is 1. The lowest BCUT2D eigenvalue weighted by atomic mass is 9.99. The van der Waals surface area contributed by atoms with Crippen LogP contribution in [0.1, 0.15) is 18.1 Å². The molecule has 0 aliphatic rings. The number of hydrogen-bond donors (Lipinski definition) is 2. The molecule has 0 aliphatic heterocycles. The lowest BCUT2D eigenvalue weighted by molar-refractivity contribution is -0.137. The van der Waals surface area contributed by atoms with Gasteiger partial charge < -0.3 is 15.8 Å². The second-order valence-electron chi connectivity index (χ2n) is 5.95. The van der Waals surface area contributed by atoms with Gasteiger partial charge in [0.05, 0.1) is 5.56 Å². The maximum atomic E-state index is 12.6. The molecule has 2 aromatic rings. The van der Waals surface area contributed by atoms with Crippen LogP contribution in [0.4, 0.5) is 18.9 Å². The zero-order chi connectivity index (χ0) is 19.2. The van der Waals surface area contributed by atoms with Gasteiger partial charge >= 0.3 is 6.18 Å². The van der Waals surface area contributed by atoms with E-state index in [0.29, 0.717) is 36.6 Å². The number of carbonyl (C=O) groups is 1. The number of benzene rings is 2. The van der Waals surface area contributed by atoms with Crippen LogP contribution in [-0.2, 0) is 17.4 Å². The lowest BCUT2D eigenvalue weighted by Crippen LogP contribution is -2.22. The summed E-state index contributed by atoms with van der Waals surface area (Å²) in [5.74, 6) is 0.0617. The molecule has 8 heteroatoms. The predicted octanol–water partition coefficient (Wildman–Crippen LogP) is 4.28. The number of hydrogen-bond acceptors (Lipinski definition) is 3. The fraction of sp³-hybridized carbons (Fsp3) is 0.316. The van der Waals surface area contributed by atoms with Crippen molar-refractivity contribution in [1.29, 1.82) is 0 Å². The number of halogens is 4. The molecule has 0 radical (unpaired) electrons. The van der Waals surface area contributed by atoms with Crippen molar-refractivity contribution >= 4 is 24.0 Å². The van der Waals surface area contributed by atoms with Crippen molar-refractivity contribution in [2.45, 2.75) is 19.5 Å². The fourth-order valence-electron chi connectivity index (χ4n) is 2.35. The predicted molar refractivity (Wildman–Crippen MR) is 101 cm³/mol. The van der Waals surface area contributed by atoms with Gasteiger partial charge in [0.2, 0.25) is 5.91 Å². The number of carbonyl (C=O) groups excluding carboxylic acids is 1. The third-order valence-electron chi connectivity index (χ3n) is 3.78. The van der Waals surface area contributed by atoms with Crippen molar-refractivity contribution in [3.8, 4) is 5.75 Å². The average Bonchev–Trinajstić information content (AvgIpc) is 2.60. The highest BCUT2D eigenvalue weighted by molar-refractivity contribution is 5.92. The number of ether oxygens (including phenoxy) is 1. The van der Waals surface area contributed by atoms with Crippen molar-refractivity contribution in [2.24, 2.45) is 11.7 Å². The summed E-state index contributed by atoms with van der Waals surface area (Å²) in [7, 11) is 0. The molecule has 27 heavy (non-hydrogen) atoms. The third kappa shape index (κ3) is 7.11. The van der Waals surface area contributed by atoms with Gasteiger partial charge in [-0.25, -0.2) is 0 Å². The van der Waals surface area contributed by atoms with E-state index in [-0.39, 0.29) is 24.2 Å². The minimum atomic E-state index is -4.36. The molecule has 0 aromatic heterocycles. The fourth-order valence-corrected chi connectivity index (χ4v) is 2.35. The molecule has 0 saturated carbocycles. The first-order valence-corrected chi connectivity index (χ1v) is 8.19. The van der Waals surface area contributed by atoms with Crippen LogP contribution in [0.15, 0.2) is 48.5 Å². The first kappa shape index (κ1) is 22.8. The monoisotopic (exact) mass is 402 g/mol. The van der Waals surface area contributed by atoms with Gasteiger partial charge in [0, 0.05) is 18.2 Å². The molecule has 148 valence electrons. The van der Waals surface area contributed by atoms with Crippen molar-refractivity contribution in [3.05, 3.63) is 59.7 Å². The van der Waals surface area contributed by atoms with Crippen LogP contribution in [0.25, 0.3) is 0 Å². The van der Waals surface area contributed by atoms with Gasteiger partial charge in [0.1, 0.15) is 12.4 Å². The Balaban J connectivity index is 0.00000364. The summed E-state index contributed by atoms with van der Waals surface area (Å²) < 4.78 is 43.1. The Morgan fingerprint density at radius 2 is 1.70 bits per heavy atom. The van der Waals surface area contributed by atoms with Gasteiger partial charge in [0.25, 0.3) is 0 Å². The molecular weight excluding hydrogens is 381 g/mol.